The van der Waals surface area contributed by atoms with Gasteiger partial charge in [0.05, 0.1) is 0 Å². The lowest BCUT2D eigenvalue weighted by atomic mass is 9.76. The molecule has 1 N–H and O–H groups in total. The zero-order chi connectivity index (χ0) is 14.6. The molecule has 1 aromatic rings. The van der Waals surface area contributed by atoms with Crippen molar-refractivity contribution in [2.75, 3.05) is 6.54 Å². The zero-order valence-corrected chi connectivity index (χ0v) is 13.8. The molecular formula is C19H31N. The van der Waals surface area contributed by atoms with E-state index in [0.29, 0.717) is 11.5 Å². The van der Waals surface area contributed by atoms with Crippen LogP contribution in [0.25, 0.3) is 0 Å². The van der Waals surface area contributed by atoms with E-state index in [2.05, 4.69) is 51.2 Å². The molecule has 1 heteroatoms. The van der Waals surface area contributed by atoms with Crippen LogP contribution in [0.5, 0.6) is 0 Å². The first kappa shape index (κ1) is 15.6. The molecule has 0 spiro atoms. The number of hydrogen-bond donors (Lipinski definition) is 1. The lowest BCUT2D eigenvalue weighted by Crippen LogP contribution is -2.44. The van der Waals surface area contributed by atoms with Crippen LogP contribution < -0.4 is 5.32 Å². The Kier molecular flexibility index (Phi) is 5.26. The molecule has 20 heavy (non-hydrogen) atoms. The van der Waals surface area contributed by atoms with Gasteiger partial charge >= 0.3 is 0 Å². The summed E-state index contributed by atoms with van der Waals surface area (Å²) in [5.41, 5.74) is 4.96. The van der Waals surface area contributed by atoms with E-state index in [4.69, 9.17) is 0 Å². The van der Waals surface area contributed by atoms with Crippen LogP contribution in [0.4, 0.5) is 0 Å². The quantitative estimate of drug-likeness (QED) is 0.785. The van der Waals surface area contributed by atoms with Gasteiger partial charge in [-0.3, -0.25) is 0 Å². The van der Waals surface area contributed by atoms with Crippen LogP contribution in [0.2, 0.25) is 0 Å². The van der Waals surface area contributed by atoms with Gasteiger partial charge in [0, 0.05) is 6.04 Å². The topological polar surface area (TPSA) is 12.0 Å². The van der Waals surface area contributed by atoms with Crippen molar-refractivity contribution < 1.29 is 0 Å². The monoisotopic (exact) mass is 273 g/mol. The zero-order valence-electron chi connectivity index (χ0n) is 13.8. The number of rotatable bonds is 6. The van der Waals surface area contributed by atoms with Crippen molar-refractivity contribution in [2.45, 2.75) is 72.3 Å². The van der Waals surface area contributed by atoms with Crippen LogP contribution in [0.1, 0.15) is 62.6 Å². The number of benzene rings is 1. The minimum atomic E-state index is 0.490. The normalized spacial score (nSPS) is 19.2. The van der Waals surface area contributed by atoms with Gasteiger partial charge in [-0.15, -0.1) is 0 Å². The molecular weight excluding hydrogens is 242 g/mol. The van der Waals surface area contributed by atoms with Gasteiger partial charge in [0.2, 0.25) is 0 Å². The molecule has 0 bridgehead atoms. The van der Waals surface area contributed by atoms with Crippen LogP contribution in [-0.2, 0) is 6.42 Å². The highest BCUT2D eigenvalue weighted by Gasteiger charge is 2.36. The minimum Gasteiger partial charge on any atom is -0.313 e. The Hall–Kier alpha value is -0.820. The first-order valence-corrected chi connectivity index (χ1v) is 8.35. The fourth-order valence-electron chi connectivity index (χ4n) is 3.79. The third kappa shape index (κ3) is 3.44. The second-order valence-corrected chi connectivity index (χ2v) is 6.94. The van der Waals surface area contributed by atoms with Crippen molar-refractivity contribution in [1.82, 2.24) is 5.32 Å². The van der Waals surface area contributed by atoms with Gasteiger partial charge in [0.25, 0.3) is 0 Å². The van der Waals surface area contributed by atoms with Crippen LogP contribution in [0.3, 0.4) is 0 Å². The highest BCUT2D eigenvalue weighted by atomic mass is 14.9. The third-order valence-corrected chi connectivity index (χ3v) is 5.28. The largest absolute Gasteiger partial charge is 0.313 e. The minimum absolute atomic E-state index is 0.490. The maximum Gasteiger partial charge on any atom is 0.0161 e. The lowest BCUT2D eigenvalue weighted by Gasteiger charge is -2.36. The highest BCUT2D eigenvalue weighted by Crippen LogP contribution is 2.42. The molecule has 0 heterocycles. The first-order valence-electron chi connectivity index (χ1n) is 8.35. The van der Waals surface area contributed by atoms with E-state index in [1.54, 1.807) is 5.56 Å². The molecule has 2 rings (SSSR count). The van der Waals surface area contributed by atoms with E-state index < -0.39 is 0 Å². The molecule has 112 valence electrons. The molecule has 1 saturated carbocycles. The fraction of sp³-hybridized carbons (Fsp3) is 0.684. The Labute approximate surface area is 125 Å². The molecule has 0 aliphatic heterocycles. The predicted octanol–water partition coefficient (Wildman–Crippen LogP) is 4.79. The molecule has 0 aromatic heterocycles. The molecule has 0 radical (unpaired) electrons. The highest BCUT2D eigenvalue weighted by molar-refractivity contribution is 5.34. The average Bonchev–Trinajstić information content (AvgIpc) is 2.85. The molecule has 0 amide bonds. The average molecular weight is 273 g/mol. The second-order valence-electron chi connectivity index (χ2n) is 6.94. The summed E-state index contributed by atoms with van der Waals surface area (Å²) in [6.45, 7) is 10.4. The van der Waals surface area contributed by atoms with E-state index in [1.807, 2.05) is 0 Å². The molecule has 1 aliphatic carbocycles. The van der Waals surface area contributed by atoms with E-state index in [-0.39, 0.29) is 0 Å². The van der Waals surface area contributed by atoms with Crippen molar-refractivity contribution in [3.63, 3.8) is 0 Å². The number of nitrogens with one attached hydrogen (secondary N) is 1. The lowest BCUT2D eigenvalue weighted by molar-refractivity contribution is 0.219. The smallest absolute Gasteiger partial charge is 0.0161 e. The predicted molar refractivity (Wildman–Crippen MR) is 88.3 cm³/mol. The van der Waals surface area contributed by atoms with Crippen molar-refractivity contribution in [1.29, 1.82) is 0 Å². The van der Waals surface area contributed by atoms with Crippen LogP contribution >= 0.6 is 0 Å². The molecule has 0 saturated heterocycles. The summed E-state index contributed by atoms with van der Waals surface area (Å²) in [4.78, 5) is 0. The summed E-state index contributed by atoms with van der Waals surface area (Å²) in [7, 11) is 0. The summed E-state index contributed by atoms with van der Waals surface area (Å²) in [6.07, 6.45) is 8.01. The van der Waals surface area contributed by atoms with Gasteiger partial charge < -0.3 is 5.32 Å². The van der Waals surface area contributed by atoms with Gasteiger partial charge in [-0.1, -0.05) is 44.9 Å². The van der Waals surface area contributed by atoms with Gasteiger partial charge in [-0.25, -0.2) is 0 Å². The first-order chi connectivity index (χ1) is 9.57. The molecule has 1 nitrogen and oxygen atoms in total. The Morgan fingerprint density at radius 3 is 2.30 bits per heavy atom. The van der Waals surface area contributed by atoms with Crippen LogP contribution in [0.15, 0.2) is 18.2 Å². The van der Waals surface area contributed by atoms with Crippen LogP contribution in [0, 0.1) is 19.3 Å². The fourth-order valence-corrected chi connectivity index (χ4v) is 3.79. The Balaban J connectivity index is 2.19. The summed E-state index contributed by atoms with van der Waals surface area (Å²) < 4.78 is 0. The summed E-state index contributed by atoms with van der Waals surface area (Å²) in [5.74, 6) is 0. The van der Waals surface area contributed by atoms with Crippen molar-refractivity contribution >= 4 is 0 Å². The van der Waals surface area contributed by atoms with Crippen molar-refractivity contribution in [3.05, 3.63) is 34.9 Å². The Morgan fingerprint density at radius 2 is 1.75 bits per heavy atom. The van der Waals surface area contributed by atoms with Crippen LogP contribution in [-0.4, -0.2) is 12.6 Å². The Morgan fingerprint density at radius 1 is 1.15 bits per heavy atom. The summed E-state index contributed by atoms with van der Waals surface area (Å²) in [5, 5.41) is 3.85. The van der Waals surface area contributed by atoms with Gasteiger partial charge in [-0.2, -0.15) is 0 Å². The molecule has 1 fully saturated rings. The maximum absolute atomic E-state index is 3.85. The van der Waals surface area contributed by atoms with E-state index in [1.165, 1.54) is 49.7 Å². The SMILES string of the molecule is CCCNC(Cc1c(C)cccc1C)C1(C)CCCC1. The number of hydrogen-bond acceptors (Lipinski definition) is 1. The van der Waals surface area contributed by atoms with Gasteiger partial charge in [-0.05, 0) is 68.2 Å². The Bertz CT molecular complexity index is 409. The maximum atomic E-state index is 3.85. The standard InChI is InChI=1S/C19H31N/c1-5-13-20-18(19(4)11-6-7-12-19)14-17-15(2)9-8-10-16(17)3/h8-10,18,20H,5-7,11-14H2,1-4H3. The van der Waals surface area contributed by atoms with Crippen molar-refractivity contribution in [3.8, 4) is 0 Å². The third-order valence-electron chi connectivity index (χ3n) is 5.28. The summed E-state index contributed by atoms with van der Waals surface area (Å²) >= 11 is 0. The molecule has 1 aliphatic rings. The van der Waals surface area contributed by atoms with Gasteiger partial charge in [0.15, 0.2) is 0 Å². The molecule has 1 atom stereocenters. The molecule has 1 unspecified atom stereocenters. The number of aryl methyl sites for hydroxylation is 2. The second kappa shape index (κ2) is 6.76. The summed E-state index contributed by atoms with van der Waals surface area (Å²) in [6, 6.07) is 7.33. The van der Waals surface area contributed by atoms with Gasteiger partial charge in [0.1, 0.15) is 0 Å². The van der Waals surface area contributed by atoms with E-state index in [9.17, 15) is 0 Å². The molecule has 1 aromatic carbocycles. The van der Waals surface area contributed by atoms with Crippen molar-refractivity contribution in [2.24, 2.45) is 5.41 Å². The van der Waals surface area contributed by atoms with E-state index in [0.717, 1.165) is 6.54 Å². The van der Waals surface area contributed by atoms with E-state index >= 15 is 0 Å².